The lowest BCUT2D eigenvalue weighted by Crippen LogP contribution is -2.25. The van der Waals surface area contributed by atoms with Crippen molar-refractivity contribution in [3.05, 3.63) is 50.6 Å². The lowest BCUT2D eigenvalue weighted by Gasteiger charge is -2.13. The maximum atomic E-state index is 13.3. The third-order valence-corrected chi connectivity index (χ3v) is 7.32. The van der Waals surface area contributed by atoms with Gasteiger partial charge in [-0.15, -0.1) is 11.3 Å². The summed E-state index contributed by atoms with van der Waals surface area (Å²) in [4.78, 5) is 20.5. The Hall–Kier alpha value is -1.83. The standard InChI is InChI=1S/C21H24N2O3S2/c1-25-12-11-23-20(24)18-16-5-3-4-6-17(16)28-19(18)22-21(23)27-13-14-7-9-15(26-2)10-8-14/h7-10H,3-6,11-13H2,1-2H3. The maximum Gasteiger partial charge on any atom is 0.263 e. The number of thiophene rings is 1. The summed E-state index contributed by atoms with van der Waals surface area (Å²) in [5.41, 5.74) is 2.49. The molecule has 0 N–H and O–H groups in total. The first-order valence-electron chi connectivity index (χ1n) is 9.51. The fourth-order valence-corrected chi connectivity index (χ4v) is 5.86. The third-order valence-electron chi connectivity index (χ3n) is 5.09. The van der Waals surface area contributed by atoms with Gasteiger partial charge in [0, 0.05) is 17.7 Å². The molecule has 0 unspecified atom stereocenters. The monoisotopic (exact) mass is 416 g/mol. The first kappa shape index (κ1) is 19.5. The Morgan fingerprint density at radius 2 is 1.96 bits per heavy atom. The molecule has 1 aliphatic carbocycles. The number of hydrogen-bond donors (Lipinski definition) is 0. The van der Waals surface area contributed by atoms with Crippen LogP contribution in [0.4, 0.5) is 0 Å². The number of fused-ring (bicyclic) bond motifs is 3. The van der Waals surface area contributed by atoms with E-state index in [9.17, 15) is 4.79 Å². The molecule has 2 aromatic heterocycles. The molecule has 5 nitrogen and oxygen atoms in total. The Morgan fingerprint density at radius 1 is 1.18 bits per heavy atom. The van der Waals surface area contributed by atoms with Crippen molar-refractivity contribution in [1.29, 1.82) is 0 Å². The molecular weight excluding hydrogens is 392 g/mol. The molecule has 3 aromatic rings. The number of aromatic nitrogens is 2. The van der Waals surface area contributed by atoms with E-state index in [-0.39, 0.29) is 5.56 Å². The van der Waals surface area contributed by atoms with Crippen LogP contribution in [0, 0.1) is 0 Å². The lowest BCUT2D eigenvalue weighted by atomic mass is 9.97. The van der Waals surface area contributed by atoms with Crippen LogP contribution >= 0.6 is 23.1 Å². The van der Waals surface area contributed by atoms with Crippen LogP contribution in [-0.2, 0) is 29.9 Å². The number of hydrogen-bond acceptors (Lipinski definition) is 6. The highest BCUT2D eigenvalue weighted by Gasteiger charge is 2.22. The lowest BCUT2D eigenvalue weighted by molar-refractivity contribution is 0.183. The average molecular weight is 417 g/mol. The first-order chi connectivity index (χ1) is 13.7. The third kappa shape index (κ3) is 3.83. The molecule has 0 saturated carbocycles. The van der Waals surface area contributed by atoms with Gasteiger partial charge in [0.1, 0.15) is 10.6 Å². The highest BCUT2D eigenvalue weighted by atomic mass is 32.2. The van der Waals surface area contributed by atoms with Crippen LogP contribution in [0.25, 0.3) is 10.2 Å². The van der Waals surface area contributed by atoms with Crippen molar-refractivity contribution in [1.82, 2.24) is 9.55 Å². The number of benzene rings is 1. The van der Waals surface area contributed by atoms with Crippen molar-refractivity contribution >= 4 is 33.3 Å². The van der Waals surface area contributed by atoms with E-state index in [2.05, 4.69) is 0 Å². The molecule has 0 radical (unpaired) electrons. The zero-order valence-electron chi connectivity index (χ0n) is 16.2. The van der Waals surface area contributed by atoms with Crippen molar-refractivity contribution in [2.45, 2.75) is 43.1 Å². The SMILES string of the molecule is COCCn1c(SCc2ccc(OC)cc2)nc2sc3c(c2c1=O)CCCC3. The molecule has 0 saturated heterocycles. The molecule has 0 spiro atoms. The van der Waals surface area contributed by atoms with Crippen molar-refractivity contribution in [3.8, 4) is 5.75 Å². The minimum atomic E-state index is 0.0821. The largest absolute Gasteiger partial charge is 0.497 e. The Kier molecular flexibility index (Phi) is 6.04. The topological polar surface area (TPSA) is 53.4 Å². The minimum absolute atomic E-state index is 0.0821. The Morgan fingerprint density at radius 3 is 2.71 bits per heavy atom. The van der Waals surface area contributed by atoms with Gasteiger partial charge >= 0.3 is 0 Å². The smallest absolute Gasteiger partial charge is 0.263 e. The fourth-order valence-electron chi connectivity index (χ4n) is 3.58. The maximum absolute atomic E-state index is 13.3. The second-order valence-corrected chi connectivity index (χ2v) is 8.90. The molecular formula is C21H24N2O3S2. The predicted octanol–water partition coefficient (Wildman–Crippen LogP) is 4.28. The summed E-state index contributed by atoms with van der Waals surface area (Å²) in [5.74, 6) is 1.59. The van der Waals surface area contributed by atoms with Gasteiger partial charge in [-0.25, -0.2) is 4.98 Å². The molecule has 0 aliphatic heterocycles. The molecule has 1 aliphatic rings. The highest BCUT2D eigenvalue weighted by molar-refractivity contribution is 7.98. The van der Waals surface area contributed by atoms with Crippen molar-refractivity contribution in [3.63, 3.8) is 0 Å². The fraction of sp³-hybridized carbons (Fsp3) is 0.429. The van der Waals surface area contributed by atoms with Gasteiger partial charge in [-0.05, 0) is 48.9 Å². The molecule has 0 amide bonds. The van der Waals surface area contributed by atoms with Gasteiger partial charge in [0.2, 0.25) is 0 Å². The zero-order chi connectivity index (χ0) is 19.5. The summed E-state index contributed by atoms with van der Waals surface area (Å²) in [6, 6.07) is 8.01. The molecule has 2 heterocycles. The van der Waals surface area contributed by atoms with E-state index >= 15 is 0 Å². The number of aryl methyl sites for hydroxylation is 2. The summed E-state index contributed by atoms with van der Waals surface area (Å²) in [5, 5.41) is 1.61. The molecule has 0 fully saturated rings. The van der Waals surface area contributed by atoms with Crippen molar-refractivity contribution < 1.29 is 9.47 Å². The summed E-state index contributed by atoms with van der Waals surface area (Å²) in [6.45, 7) is 1.02. The quantitative estimate of drug-likeness (QED) is 0.425. The summed E-state index contributed by atoms with van der Waals surface area (Å²) >= 11 is 3.30. The molecule has 4 rings (SSSR count). The van der Waals surface area contributed by atoms with E-state index in [1.807, 2.05) is 24.3 Å². The van der Waals surface area contributed by atoms with E-state index in [4.69, 9.17) is 14.5 Å². The number of ether oxygens (including phenoxy) is 2. The molecule has 28 heavy (non-hydrogen) atoms. The summed E-state index contributed by atoms with van der Waals surface area (Å²) < 4.78 is 12.3. The molecule has 0 atom stereocenters. The second kappa shape index (κ2) is 8.68. The van der Waals surface area contributed by atoms with Crippen molar-refractivity contribution in [2.75, 3.05) is 20.8 Å². The number of methoxy groups -OCH3 is 2. The van der Waals surface area contributed by atoms with E-state index in [1.54, 1.807) is 41.9 Å². The van der Waals surface area contributed by atoms with Crippen LogP contribution in [-0.4, -0.2) is 30.4 Å². The highest BCUT2D eigenvalue weighted by Crippen LogP contribution is 2.35. The van der Waals surface area contributed by atoms with Crippen LogP contribution in [0.1, 0.15) is 28.8 Å². The van der Waals surface area contributed by atoms with Gasteiger partial charge in [-0.3, -0.25) is 9.36 Å². The van der Waals surface area contributed by atoms with Crippen molar-refractivity contribution in [2.24, 2.45) is 0 Å². The average Bonchev–Trinajstić information content (AvgIpc) is 3.10. The van der Waals surface area contributed by atoms with Crippen LogP contribution in [0.2, 0.25) is 0 Å². The first-order valence-corrected chi connectivity index (χ1v) is 11.3. The molecule has 0 bridgehead atoms. The van der Waals surface area contributed by atoms with Crippen LogP contribution in [0.15, 0.2) is 34.2 Å². The zero-order valence-corrected chi connectivity index (χ0v) is 17.8. The molecule has 148 valence electrons. The normalized spacial score (nSPS) is 13.6. The number of thioether (sulfide) groups is 1. The van der Waals surface area contributed by atoms with E-state index in [0.29, 0.717) is 13.2 Å². The van der Waals surface area contributed by atoms with Crippen LogP contribution in [0.5, 0.6) is 5.75 Å². The number of rotatable bonds is 7. The van der Waals surface area contributed by atoms with Gasteiger partial charge in [0.05, 0.1) is 25.6 Å². The summed E-state index contributed by atoms with van der Waals surface area (Å²) in [7, 11) is 3.33. The minimum Gasteiger partial charge on any atom is -0.497 e. The second-order valence-electron chi connectivity index (χ2n) is 6.87. The van der Waals surface area contributed by atoms with E-state index < -0.39 is 0 Å². The van der Waals surface area contributed by atoms with Gasteiger partial charge in [-0.1, -0.05) is 23.9 Å². The van der Waals surface area contributed by atoms with Gasteiger partial charge in [-0.2, -0.15) is 0 Å². The predicted molar refractivity (Wildman–Crippen MR) is 115 cm³/mol. The Balaban J connectivity index is 1.69. The van der Waals surface area contributed by atoms with E-state index in [0.717, 1.165) is 46.1 Å². The molecule has 1 aromatic carbocycles. The van der Waals surface area contributed by atoms with Gasteiger partial charge < -0.3 is 9.47 Å². The van der Waals surface area contributed by atoms with Crippen LogP contribution < -0.4 is 10.3 Å². The van der Waals surface area contributed by atoms with E-state index in [1.165, 1.54) is 22.4 Å². The number of nitrogens with zero attached hydrogens (tertiary/aromatic N) is 2. The van der Waals surface area contributed by atoms with Gasteiger partial charge in [0.15, 0.2) is 5.16 Å². The van der Waals surface area contributed by atoms with Crippen LogP contribution in [0.3, 0.4) is 0 Å². The molecule has 7 heteroatoms. The van der Waals surface area contributed by atoms with Gasteiger partial charge in [0.25, 0.3) is 5.56 Å². The summed E-state index contributed by atoms with van der Waals surface area (Å²) in [6.07, 6.45) is 4.43. The Bertz CT molecular complexity index is 1020. The Labute approximate surface area is 172 Å².